The van der Waals surface area contributed by atoms with Gasteiger partial charge in [0.15, 0.2) is 17.0 Å². The molecule has 1 aromatic carbocycles. The van der Waals surface area contributed by atoms with Crippen LogP contribution in [0.1, 0.15) is 19.7 Å². The first-order chi connectivity index (χ1) is 13.3. The number of aryl methyl sites for hydroxylation is 1. The second-order valence-corrected chi connectivity index (χ2v) is 8.23. The van der Waals surface area contributed by atoms with Gasteiger partial charge in [0.1, 0.15) is 11.6 Å². The molecule has 0 aliphatic rings. The molecule has 2 heterocycles. The van der Waals surface area contributed by atoms with Crippen LogP contribution in [0.3, 0.4) is 0 Å². The Bertz CT molecular complexity index is 933. The van der Waals surface area contributed by atoms with Crippen LogP contribution in [-0.4, -0.2) is 63.3 Å². The number of aromatic nitrogens is 4. The lowest BCUT2D eigenvalue weighted by molar-refractivity contribution is 0.213. The molecule has 0 saturated heterocycles. The number of nitrogens with one attached hydrogen (secondary N) is 1. The second kappa shape index (κ2) is 8.24. The topological polar surface area (TPSA) is 79.1 Å². The Morgan fingerprint density at radius 3 is 2.46 bits per heavy atom. The van der Waals surface area contributed by atoms with Gasteiger partial charge in [0.05, 0.1) is 6.61 Å². The van der Waals surface area contributed by atoms with E-state index in [0.29, 0.717) is 18.2 Å². The molecule has 0 spiro atoms. The summed E-state index contributed by atoms with van der Waals surface area (Å²) in [6.45, 7) is 8.58. The number of fused-ring (bicyclic) bond motifs is 1. The molecule has 0 bridgehead atoms. The van der Waals surface area contributed by atoms with Crippen LogP contribution in [0.4, 0.5) is 5.82 Å². The van der Waals surface area contributed by atoms with Crippen LogP contribution in [-0.2, 0) is 6.54 Å². The number of aliphatic hydroxyl groups excluding tert-OH is 1. The number of hydrogen-bond donors (Lipinski definition) is 2. The smallest absolute Gasteiger partial charge is 0.166 e. The zero-order valence-electron chi connectivity index (χ0n) is 17.4. The number of aliphatic hydroxyl groups is 1. The average molecular weight is 383 g/mol. The summed E-state index contributed by atoms with van der Waals surface area (Å²) in [5.74, 6) is 2.23. The molecule has 7 nitrogen and oxygen atoms in total. The third-order valence-corrected chi connectivity index (χ3v) is 4.47. The quantitative estimate of drug-likeness (QED) is 0.624. The first-order valence-corrected chi connectivity index (χ1v) is 9.60. The highest BCUT2D eigenvalue weighted by Crippen LogP contribution is 2.31. The lowest BCUT2D eigenvalue weighted by atomic mass is 9.92. The summed E-state index contributed by atoms with van der Waals surface area (Å²) in [6, 6.07) is 10.2. The lowest BCUT2D eigenvalue weighted by Gasteiger charge is -2.29. The van der Waals surface area contributed by atoms with Crippen molar-refractivity contribution >= 4 is 17.0 Å². The molecule has 0 radical (unpaired) electrons. The van der Waals surface area contributed by atoms with Crippen molar-refractivity contribution in [1.29, 1.82) is 0 Å². The summed E-state index contributed by atoms with van der Waals surface area (Å²) in [5.41, 5.74) is 2.63. The van der Waals surface area contributed by atoms with Crippen LogP contribution in [0.15, 0.2) is 30.3 Å². The van der Waals surface area contributed by atoms with E-state index >= 15 is 0 Å². The molecule has 0 unspecified atom stereocenters. The van der Waals surface area contributed by atoms with Gasteiger partial charge in [-0.25, -0.2) is 15.0 Å². The third-order valence-electron chi connectivity index (χ3n) is 4.47. The van der Waals surface area contributed by atoms with Gasteiger partial charge in [0, 0.05) is 25.2 Å². The van der Waals surface area contributed by atoms with E-state index in [9.17, 15) is 5.11 Å². The molecule has 3 aromatic rings. The Kier molecular flexibility index (Phi) is 5.96. The minimum absolute atomic E-state index is 0.0260. The van der Waals surface area contributed by atoms with Crippen LogP contribution in [0, 0.1) is 12.3 Å². The molecule has 0 aliphatic carbocycles. The van der Waals surface area contributed by atoms with Crippen LogP contribution in [0.5, 0.6) is 0 Å². The van der Waals surface area contributed by atoms with E-state index in [1.165, 1.54) is 0 Å². The number of nitrogens with zero attached hydrogens (tertiary/aromatic N) is 5. The Morgan fingerprint density at radius 1 is 1.11 bits per heavy atom. The fourth-order valence-corrected chi connectivity index (χ4v) is 3.70. The molecular formula is C21H30N6O. The number of benzene rings is 1. The first-order valence-electron chi connectivity index (χ1n) is 9.60. The molecule has 7 heteroatoms. The summed E-state index contributed by atoms with van der Waals surface area (Å²) >= 11 is 0. The SMILES string of the molecule is Cc1nc(NCCO)c2nc(-c3ccccc3)n(CC(C)(C)CN(C)C)c2n1. The molecule has 0 aliphatic heterocycles. The maximum Gasteiger partial charge on any atom is 0.166 e. The molecule has 0 fully saturated rings. The maximum atomic E-state index is 9.21. The Balaban J connectivity index is 2.19. The number of imidazole rings is 1. The van der Waals surface area contributed by atoms with Crippen molar-refractivity contribution < 1.29 is 5.11 Å². The fourth-order valence-electron chi connectivity index (χ4n) is 3.70. The van der Waals surface area contributed by atoms with Crippen LogP contribution < -0.4 is 5.32 Å². The summed E-state index contributed by atoms with van der Waals surface area (Å²) in [5, 5.41) is 12.4. The zero-order valence-corrected chi connectivity index (χ0v) is 17.4. The maximum absolute atomic E-state index is 9.21. The van der Waals surface area contributed by atoms with E-state index in [1.54, 1.807) is 0 Å². The van der Waals surface area contributed by atoms with Crippen molar-refractivity contribution in [3.8, 4) is 11.4 Å². The van der Waals surface area contributed by atoms with Gasteiger partial charge in [0.25, 0.3) is 0 Å². The Hall–Kier alpha value is -2.51. The Morgan fingerprint density at radius 2 is 1.82 bits per heavy atom. The van der Waals surface area contributed by atoms with E-state index in [0.717, 1.165) is 35.6 Å². The molecule has 150 valence electrons. The number of rotatable bonds is 8. The second-order valence-electron chi connectivity index (χ2n) is 8.23. The standard InChI is InChI=1S/C21H30N6O/c1-15-23-18(22-11-12-28)17-20(24-15)27(14-21(2,3)13-26(4)5)19(25-17)16-9-7-6-8-10-16/h6-10,28H,11-14H2,1-5H3,(H,22,23,24). The van der Waals surface area contributed by atoms with Crippen LogP contribution in [0.25, 0.3) is 22.6 Å². The van der Waals surface area contributed by atoms with Gasteiger partial charge >= 0.3 is 0 Å². The average Bonchev–Trinajstić information content (AvgIpc) is 2.97. The molecule has 2 aromatic heterocycles. The molecule has 28 heavy (non-hydrogen) atoms. The molecule has 0 amide bonds. The Labute approximate surface area is 166 Å². The van der Waals surface area contributed by atoms with E-state index in [-0.39, 0.29) is 12.0 Å². The summed E-state index contributed by atoms with van der Waals surface area (Å²) in [7, 11) is 4.18. The number of anilines is 1. The van der Waals surface area contributed by atoms with Crippen molar-refractivity contribution in [2.75, 3.05) is 39.1 Å². The fraction of sp³-hybridized carbons (Fsp3) is 0.476. The van der Waals surface area contributed by atoms with Gasteiger partial charge in [-0.2, -0.15) is 0 Å². The van der Waals surface area contributed by atoms with Crippen molar-refractivity contribution in [1.82, 2.24) is 24.4 Å². The van der Waals surface area contributed by atoms with E-state index in [4.69, 9.17) is 9.97 Å². The predicted octanol–water partition coefficient (Wildman–Crippen LogP) is 2.79. The number of hydrogen-bond acceptors (Lipinski definition) is 6. The van der Waals surface area contributed by atoms with Gasteiger partial charge in [-0.1, -0.05) is 44.2 Å². The molecular weight excluding hydrogens is 352 g/mol. The minimum Gasteiger partial charge on any atom is -0.395 e. The van der Waals surface area contributed by atoms with Gasteiger partial charge in [-0.3, -0.25) is 0 Å². The van der Waals surface area contributed by atoms with Crippen LogP contribution in [0.2, 0.25) is 0 Å². The molecule has 2 N–H and O–H groups in total. The highest BCUT2D eigenvalue weighted by atomic mass is 16.3. The molecule has 0 saturated carbocycles. The van der Waals surface area contributed by atoms with Gasteiger partial charge < -0.3 is 19.9 Å². The predicted molar refractivity (Wildman–Crippen MR) is 113 cm³/mol. The van der Waals surface area contributed by atoms with Crippen molar-refractivity contribution in [3.05, 3.63) is 36.2 Å². The first kappa shape index (κ1) is 20.2. The third kappa shape index (κ3) is 4.48. The highest BCUT2D eigenvalue weighted by molar-refractivity contribution is 5.86. The van der Waals surface area contributed by atoms with E-state index in [1.807, 2.05) is 25.1 Å². The lowest BCUT2D eigenvalue weighted by Crippen LogP contribution is -2.32. The summed E-state index contributed by atoms with van der Waals surface area (Å²) < 4.78 is 2.20. The minimum atomic E-state index is 0.0260. The molecule has 0 atom stereocenters. The largest absolute Gasteiger partial charge is 0.395 e. The van der Waals surface area contributed by atoms with E-state index < -0.39 is 0 Å². The highest BCUT2D eigenvalue weighted by Gasteiger charge is 2.25. The van der Waals surface area contributed by atoms with Crippen molar-refractivity contribution in [2.45, 2.75) is 27.3 Å². The monoisotopic (exact) mass is 382 g/mol. The summed E-state index contributed by atoms with van der Waals surface area (Å²) in [4.78, 5) is 16.4. The van der Waals surface area contributed by atoms with Crippen molar-refractivity contribution in [3.63, 3.8) is 0 Å². The van der Waals surface area contributed by atoms with E-state index in [2.05, 4.69) is 59.8 Å². The van der Waals surface area contributed by atoms with Crippen molar-refractivity contribution in [2.24, 2.45) is 5.41 Å². The van der Waals surface area contributed by atoms with Gasteiger partial charge in [-0.05, 0) is 26.4 Å². The van der Waals surface area contributed by atoms with Gasteiger partial charge in [-0.15, -0.1) is 0 Å². The molecule has 3 rings (SSSR count). The summed E-state index contributed by atoms with van der Waals surface area (Å²) in [6.07, 6.45) is 0. The van der Waals surface area contributed by atoms with Crippen LogP contribution >= 0.6 is 0 Å². The van der Waals surface area contributed by atoms with Gasteiger partial charge in [0.2, 0.25) is 0 Å². The normalized spacial score (nSPS) is 12.1. The zero-order chi connectivity index (χ0) is 20.3.